The minimum absolute atomic E-state index is 0.0912. The van der Waals surface area contributed by atoms with E-state index in [2.05, 4.69) is 291 Å². The molecule has 75 heavy (non-hydrogen) atoms. The summed E-state index contributed by atoms with van der Waals surface area (Å²) in [4.78, 5) is 2.43. The van der Waals surface area contributed by atoms with Crippen molar-refractivity contribution in [1.29, 1.82) is 0 Å². The van der Waals surface area contributed by atoms with Crippen molar-refractivity contribution >= 4 is 17.1 Å². The summed E-state index contributed by atoms with van der Waals surface area (Å²) in [6.07, 6.45) is 1.11. The largest absolute Gasteiger partial charge is 0.310 e. The van der Waals surface area contributed by atoms with Crippen LogP contribution in [0.4, 0.5) is 17.1 Å². The molecule has 2 unspecified atom stereocenters. The van der Waals surface area contributed by atoms with Crippen LogP contribution >= 0.6 is 0 Å². The van der Waals surface area contributed by atoms with Gasteiger partial charge in [-0.25, -0.2) is 0 Å². The lowest BCUT2D eigenvalue weighted by Gasteiger charge is -2.37. The first-order valence-corrected chi connectivity index (χ1v) is 27.1. The fourth-order valence-electron chi connectivity index (χ4n) is 13.6. The SMILES string of the molecule is CC(C)(C)CC(c1ccccc1-c1ccc2c(c1)C1(c3ccccc3-c3ccc(-c4ccc(N(c5ccc(-c6ccccc6)cc5)c5ccc6c(c5)C(C)(C)c5ccccc5-6)cc4)cc31)c1ccccc1-2)C(C)(C)C. The van der Waals surface area contributed by atoms with Gasteiger partial charge >= 0.3 is 0 Å². The quantitative estimate of drug-likeness (QED) is 0.147. The predicted octanol–water partition coefficient (Wildman–Crippen LogP) is 20.4. The summed E-state index contributed by atoms with van der Waals surface area (Å²) < 4.78 is 0. The van der Waals surface area contributed by atoms with E-state index in [0.29, 0.717) is 5.92 Å². The number of nitrogens with zero attached hydrogens (tertiary/aromatic N) is 1. The van der Waals surface area contributed by atoms with Crippen molar-refractivity contribution in [2.75, 3.05) is 4.90 Å². The fraction of sp³-hybridized carbons (Fsp3) is 0.189. The Hall–Kier alpha value is -8.00. The second-order valence-electron chi connectivity index (χ2n) is 24.3. The molecule has 3 aliphatic rings. The molecule has 1 nitrogen and oxygen atoms in total. The molecule has 0 fully saturated rings. The molecule has 10 aromatic rings. The standard InChI is InChI=1S/C74H65N/c1-71(2,3)47-70(72(4,5)6)57-23-13-12-22-56(57)52-35-42-63-60-26-16-19-29-66(60)74(69(63)45-52)65-28-18-15-25-59(65)62-41-34-51(44-68(62)74)50-32-38-54(39-33-50)75(53-36-30-49(31-37-53)48-20-10-9-11-21-48)55-40-43-61-58-24-14-17-27-64(58)73(7,8)67(61)46-55/h9-46,70H,47H2,1-8H3. The van der Waals surface area contributed by atoms with Crippen LogP contribution in [0, 0.1) is 10.8 Å². The van der Waals surface area contributed by atoms with Gasteiger partial charge < -0.3 is 4.90 Å². The molecular formula is C74H65N. The predicted molar refractivity (Wildman–Crippen MR) is 318 cm³/mol. The zero-order valence-corrected chi connectivity index (χ0v) is 44.7. The van der Waals surface area contributed by atoms with E-state index in [0.717, 1.165) is 23.5 Å². The van der Waals surface area contributed by atoms with Crippen molar-refractivity contribution in [2.24, 2.45) is 10.8 Å². The van der Waals surface area contributed by atoms with Gasteiger partial charge in [0.2, 0.25) is 0 Å². The number of benzene rings is 10. The van der Waals surface area contributed by atoms with Crippen molar-refractivity contribution in [3.8, 4) is 66.8 Å². The summed E-state index contributed by atoms with van der Waals surface area (Å²) >= 11 is 0. The van der Waals surface area contributed by atoms with Crippen molar-refractivity contribution in [2.45, 2.75) is 78.6 Å². The van der Waals surface area contributed by atoms with Crippen molar-refractivity contribution in [3.63, 3.8) is 0 Å². The maximum absolute atomic E-state index is 2.57. The van der Waals surface area contributed by atoms with Crippen molar-refractivity contribution in [3.05, 3.63) is 269 Å². The van der Waals surface area contributed by atoms with E-state index >= 15 is 0 Å². The van der Waals surface area contributed by atoms with E-state index in [1.54, 1.807) is 0 Å². The first-order chi connectivity index (χ1) is 36.2. The molecule has 1 heteroatoms. The van der Waals surface area contributed by atoms with Gasteiger partial charge in [0.25, 0.3) is 0 Å². The molecule has 2 atom stereocenters. The molecule has 13 rings (SSSR count). The molecule has 0 bridgehead atoms. The molecule has 0 aromatic heterocycles. The van der Waals surface area contributed by atoms with Crippen LogP contribution in [0.1, 0.15) is 107 Å². The number of anilines is 3. The second-order valence-corrected chi connectivity index (χ2v) is 24.3. The van der Waals surface area contributed by atoms with Gasteiger partial charge in [-0.05, 0) is 177 Å². The molecule has 0 saturated heterocycles. The van der Waals surface area contributed by atoms with E-state index < -0.39 is 5.41 Å². The van der Waals surface area contributed by atoms with E-state index in [9.17, 15) is 0 Å². The summed E-state index contributed by atoms with van der Waals surface area (Å²) in [7, 11) is 0. The van der Waals surface area contributed by atoms with E-state index in [1.165, 1.54) is 106 Å². The Kier molecular flexibility index (Phi) is 10.8. The average Bonchev–Trinajstić information content (AvgIpc) is 4.06. The molecule has 366 valence electrons. The number of rotatable bonds is 8. The fourth-order valence-corrected chi connectivity index (χ4v) is 13.6. The summed E-state index contributed by atoms with van der Waals surface area (Å²) in [5.74, 6) is 0.390. The Bertz CT molecular complexity index is 3830. The van der Waals surface area contributed by atoms with Crippen LogP contribution in [0.3, 0.4) is 0 Å². The van der Waals surface area contributed by atoms with Crippen LogP contribution in [0.15, 0.2) is 231 Å². The first kappa shape index (κ1) is 46.8. The zero-order chi connectivity index (χ0) is 51.4. The number of hydrogen-bond donors (Lipinski definition) is 0. The molecule has 10 aromatic carbocycles. The van der Waals surface area contributed by atoms with Gasteiger partial charge in [0.1, 0.15) is 0 Å². The average molecular weight is 968 g/mol. The Labute approximate surface area is 445 Å². The molecule has 3 aliphatic carbocycles. The summed E-state index contributed by atoms with van der Waals surface area (Å²) in [5, 5.41) is 0. The number of hydrogen-bond acceptors (Lipinski definition) is 1. The van der Waals surface area contributed by atoms with Gasteiger partial charge in [-0.15, -0.1) is 0 Å². The molecular weight excluding hydrogens is 903 g/mol. The zero-order valence-electron chi connectivity index (χ0n) is 44.7. The minimum atomic E-state index is -0.489. The van der Waals surface area contributed by atoms with E-state index in [4.69, 9.17) is 0 Å². The van der Waals surface area contributed by atoms with Crippen molar-refractivity contribution < 1.29 is 0 Å². The third kappa shape index (κ3) is 7.49. The summed E-state index contributed by atoms with van der Waals surface area (Å²) in [6.45, 7) is 19.1. The van der Waals surface area contributed by atoms with Gasteiger partial charge in [0.15, 0.2) is 0 Å². The van der Waals surface area contributed by atoms with Crippen LogP contribution in [0.5, 0.6) is 0 Å². The van der Waals surface area contributed by atoms with Gasteiger partial charge in [-0.3, -0.25) is 0 Å². The minimum Gasteiger partial charge on any atom is -0.310 e. The molecule has 0 N–H and O–H groups in total. The van der Waals surface area contributed by atoms with Crippen LogP contribution in [0.2, 0.25) is 0 Å². The molecule has 0 aliphatic heterocycles. The highest BCUT2D eigenvalue weighted by Crippen LogP contribution is 2.64. The molecule has 0 saturated carbocycles. The highest BCUT2D eigenvalue weighted by molar-refractivity contribution is 5.97. The van der Waals surface area contributed by atoms with Gasteiger partial charge in [-0.2, -0.15) is 0 Å². The summed E-state index contributed by atoms with van der Waals surface area (Å²) in [5.41, 5.74) is 28.1. The Morgan fingerprint density at radius 2 is 0.733 bits per heavy atom. The lowest BCUT2D eigenvalue weighted by molar-refractivity contribution is 0.229. The third-order valence-corrected chi connectivity index (χ3v) is 17.1. The van der Waals surface area contributed by atoms with Gasteiger partial charge in [0, 0.05) is 22.5 Å². The van der Waals surface area contributed by atoms with Crippen LogP contribution in [-0.2, 0) is 10.8 Å². The molecule has 0 heterocycles. The van der Waals surface area contributed by atoms with Crippen molar-refractivity contribution in [1.82, 2.24) is 0 Å². The Morgan fingerprint density at radius 3 is 1.31 bits per heavy atom. The normalized spacial score (nSPS) is 15.9. The highest BCUT2D eigenvalue weighted by Gasteiger charge is 2.52. The first-order valence-electron chi connectivity index (χ1n) is 27.1. The monoisotopic (exact) mass is 968 g/mol. The number of fused-ring (bicyclic) bond motifs is 13. The van der Waals surface area contributed by atoms with Gasteiger partial charge in [-0.1, -0.05) is 237 Å². The molecule has 1 spiro atoms. The van der Waals surface area contributed by atoms with Crippen LogP contribution < -0.4 is 4.90 Å². The Morgan fingerprint density at radius 1 is 0.333 bits per heavy atom. The van der Waals surface area contributed by atoms with E-state index in [1.807, 2.05) is 0 Å². The third-order valence-electron chi connectivity index (χ3n) is 17.1. The molecule has 0 amide bonds. The maximum Gasteiger partial charge on any atom is 0.0725 e. The second kappa shape index (κ2) is 17.3. The molecule has 0 radical (unpaired) electrons. The lowest BCUT2D eigenvalue weighted by Crippen LogP contribution is -2.26. The topological polar surface area (TPSA) is 3.24 Å². The van der Waals surface area contributed by atoms with E-state index in [-0.39, 0.29) is 16.2 Å². The smallest absolute Gasteiger partial charge is 0.0725 e. The van der Waals surface area contributed by atoms with Crippen LogP contribution in [-0.4, -0.2) is 0 Å². The highest BCUT2D eigenvalue weighted by atomic mass is 15.1. The Balaban J connectivity index is 0.938. The summed E-state index contributed by atoms with van der Waals surface area (Å²) in [6, 6.07) is 87.4. The maximum atomic E-state index is 2.57. The van der Waals surface area contributed by atoms with Crippen LogP contribution in [0.25, 0.3) is 66.8 Å². The van der Waals surface area contributed by atoms with Gasteiger partial charge in [0.05, 0.1) is 5.41 Å². The lowest BCUT2D eigenvalue weighted by atomic mass is 9.67.